The molecule has 0 bridgehead atoms. The van der Waals surface area contributed by atoms with Crippen molar-refractivity contribution in [1.82, 2.24) is 9.38 Å². The summed E-state index contributed by atoms with van der Waals surface area (Å²) >= 11 is 0. The van der Waals surface area contributed by atoms with Crippen molar-refractivity contribution in [3.05, 3.63) is 107 Å². The normalized spacial score (nSPS) is 11.1. The van der Waals surface area contributed by atoms with Crippen molar-refractivity contribution in [3.63, 3.8) is 0 Å². The van der Waals surface area contributed by atoms with Crippen LogP contribution in [0, 0.1) is 0 Å². The SMILES string of the molecule is CN(Cc1ccccc1)c1nc2ccccn2c(=O)c1/C=N/Nc1ccccc1. The molecular weight excluding hydrogens is 362 g/mol. The lowest BCUT2D eigenvalue weighted by Gasteiger charge is -2.20. The maximum Gasteiger partial charge on any atom is 0.268 e. The van der Waals surface area contributed by atoms with E-state index in [-0.39, 0.29) is 5.56 Å². The summed E-state index contributed by atoms with van der Waals surface area (Å²) in [5, 5.41) is 4.27. The third kappa shape index (κ3) is 4.16. The summed E-state index contributed by atoms with van der Waals surface area (Å²) in [6.07, 6.45) is 3.26. The molecule has 2 aromatic heterocycles. The molecule has 1 N–H and O–H groups in total. The first-order valence-corrected chi connectivity index (χ1v) is 9.33. The molecule has 29 heavy (non-hydrogen) atoms. The zero-order valence-electron chi connectivity index (χ0n) is 16.1. The average Bonchev–Trinajstić information content (AvgIpc) is 2.76. The van der Waals surface area contributed by atoms with Gasteiger partial charge in [0.2, 0.25) is 0 Å². The van der Waals surface area contributed by atoms with Gasteiger partial charge in [-0.2, -0.15) is 5.10 Å². The van der Waals surface area contributed by atoms with E-state index in [1.165, 1.54) is 4.40 Å². The zero-order valence-corrected chi connectivity index (χ0v) is 16.1. The highest BCUT2D eigenvalue weighted by atomic mass is 16.1. The molecule has 0 atom stereocenters. The van der Waals surface area contributed by atoms with E-state index < -0.39 is 0 Å². The third-order valence-corrected chi connectivity index (χ3v) is 4.53. The molecule has 2 aromatic carbocycles. The molecule has 0 saturated carbocycles. The number of benzene rings is 2. The number of anilines is 2. The van der Waals surface area contributed by atoms with Gasteiger partial charge in [0.25, 0.3) is 5.56 Å². The summed E-state index contributed by atoms with van der Waals surface area (Å²) in [6.45, 7) is 0.628. The fourth-order valence-electron chi connectivity index (χ4n) is 3.11. The minimum atomic E-state index is -0.163. The first-order chi connectivity index (χ1) is 14.2. The molecular formula is C23H21N5O. The molecule has 0 unspecified atom stereocenters. The van der Waals surface area contributed by atoms with Crippen molar-refractivity contribution < 1.29 is 0 Å². The highest BCUT2D eigenvalue weighted by molar-refractivity contribution is 5.87. The van der Waals surface area contributed by atoms with Gasteiger partial charge in [-0.3, -0.25) is 14.6 Å². The number of fused-ring (bicyclic) bond motifs is 1. The summed E-state index contributed by atoms with van der Waals surface area (Å²) in [7, 11) is 1.93. The van der Waals surface area contributed by atoms with Crippen molar-refractivity contribution in [2.75, 3.05) is 17.4 Å². The molecule has 0 aliphatic rings. The largest absolute Gasteiger partial charge is 0.355 e. The lowest BCUT2D eigenvalue weighted by Crippen LogP contribution is -2.27. The molecule has 0 radical (unpaired) electrons. The molecule has 144 valence electrons. The Balaban J connectivity index is 1.73. The van der Waals surface area contributed by atoms with Gasteiger partial charge >= 0.3 is 0 Å². The van der Waals surface area contributed by atoms with Gasteiger partial charge in [0, 0.05) is 19.8 Å². The number of aromatic nitrogens is 2. The molecule has 0 fully saturated rings. The average molecular weight is 383 g/mol. The van der Waals surface area contributed by atoms with Gasteiger partial charge in [0.05, 0.1) is 11.9 Å². The van der Waals surface area contributed by atoms with Crippen LogP contribution in [0.3, 0.4) is 0 Å². The molecule has 4 aromatic rings. The maximum atomic E-state index is 13.1. The number of pyridine rings is 1. The number of para-hydroxylation sites is 1. The molecule has 0 aliphatic heterocycles. The van der Waals surface area contributed by atoms with Gasteiger partial charge in [-0.15, -0.1) is 0 Å². The topological polar surface area (TPSA) is 62.0 Å². The lowest BCUT2D eigenvalue weighted by molar-refractivity contribution is 0.884. The van der Waals surface area contributed by atoms with E-state index in [2.05, 4.69) is 22.7 Å². The van der Waals surface area contributed by atoms with Crippen LogP contribution in [0.15, 0.2) is 95.0 Å². The summed E-state index contributed by atoms with van der Waals surface area (Å²) < 4.78 is 1.53. The first-order valence-electron chi connectivity index (χ1n) is 9.33. The minimum Gasteiger partial charge on any atom is -0.355 e. The number of nitrogens with one attached hydrogen (secondary N) is 1. The van der Waals surface area contributed by atoms with Crippen molar-refractivity contribution in [2.24, 2.45) is 5.10 Å². The van der Waals surface area contributed by atoms with Crippen LogP contribution >= 0.6 is 0 Å². The van der Waals surface area contributed by atoms with Gasteiger partial charge in [-0.05, 0) is 29.8 Å². The van der Waals surface area contributed by atoms with Crippen molar-refractivity contribution in [2.45, 2.75) is 6.54 Å². The first kappa shape index (κ1) is 18.4. The van der Waals surface area contributed by atoms with Gasteiger partial charge in [-0.25, -0.2) is 4.98 Å². The van der Waals surface area contributed by atoms with Crippen LogP contribution in [0.25, 0.3) is 5.65 Å². The highest BCUT2D eigenvalue weighted by Crippen LogP contribution is 2.16. The predicted molar refractivity (Wildman–Crippen MR) is 118 cm³/mol. The second-order valence-electron chi connectivity index (χ2n) is 6.66. The second-order valence-corrected chi connectivity index (χ2v) is 6.66. The summed E-state index contributed by atoms with van der Waals surface area (Å²) in [5.74, 6) is 0.587. The van der Waals surface area contributed by atoms with Gasteiger partial charge in [0.15, 0.2) is 0 Å². The van der Waals surface area contributed by atoms with E-state index in [4.69, 9.17) is 4.98 Å². The van der Waals surface area contributed by atoms with E-state index >= 15 is 0 Å². The molecule has 4 rings (SSSR count). The van der Waals surface area contributed by atoms with Crippen molar-refractivity contribution in [1.29, 1.82) is 0 Å². The Kier molecular flexibility index (Phi) is 5.33. The third-order valence-electron chi connectivity index (χ3n) is 4.53. The Morgan fingerprint density at radius 2 is 1.69 bits per heavy atom. The second kappa shape index (κ2) is 8.39. The molecule has 6 nitrogen and oxygen atoms in total. The minimum absolute atomic E-state index is 0.163. The fourth-order valence-corrected chi connectivity index (χ4v) is 3.11. The van der Waals surface area contributed by atoms with E-state index in [1.807, 2.05) is 78.7 Å². The Hall–Kier alpha value is -3.93. The number of rotatable bonds is 6. The van der Waals surface area contributed by atoms with Crippen LogP contribution in [-0.4, -0.2) is 22.6 Å². The van der Waals surface area contributed by atoms with Crippen molar-refractivity contribution >= 4 is 23.4 Å². The van der Waals surface area contributed by atoms with Crippen LogP contribution < -0.4 is 15.9 Å². The van der Waals surface area contributed by atoms with Crippen LogP contribution in [0.1, 0.15) is 11.1 Å². The number of hydrogen-bond acceptors (Lipinski definition) is 5. The quantitative estimate of drug-likeness (QED) is 0.407. The number of hydrogen-bond donors (Lipinski definition) is 1. The van der Waals surface area contributed by atoms with Crippen LogP contribution in [-0.2, 0) is 6.54 Å². The van der Waals surface area contributed by atoms with Gasteiger partial charge in [-0.1, -0.05) is 54.6 Å². The predicted octanol–water partition coefficient (Wildman–Crippen LogP) is 3.78. The number of nitrogens with zero attached hydrogens (tertiary/aromatic N) is 4. The summed E-state index contributed by atoms with van der Waals surface area (Å²) in [5.41, 5.74) is 5.80. The van der Waals surface area contributed by atoms with E-state index in [0.29, 0.717) is 23.6 Å². The molecule has 0 aliphatic carbocycles. The Bertz CT molecular complexity index is 1190. The molecule has 0 amide bonds. The van der Waals surface area contributed by atoms with Crippen LogP contribution in [0.2, 0.25) is 0 Å². The van der Waals surface area contributed by atoms with Crippen LogP contribution in [0.5, 0.6) is 0 Å². The van der Waals surface area contributed by atoms with Gasteiger partial charge < -0.3 is 4.90 Å². The van der Waals surface area contributed by atoms with E-state index in [9.17, 15) is 4.79 Å². The Labute approximate surface area is 168 Å². The Morgan fingerprint density at radius 1 is 1.00 bits per heavy atom. The van der Waals surface area contributed by atoms with E-state index in [1.54, 1.807) is 12.4 Å². The summed E-state index contributed by atoms with van der Waals surface area (Å²) in [6, 6.07) is 25.2. The monoisotopic (exact) mass is 383 g/mol. The maximum absolute atomic E-state index is 13.1. The number of hydrazone groups is 1. The molecule has 2 heterocycles. The summed E-state index contributed by atoms with van der Waals surface area (Å²) in [4.78, 5) is 19.8. The standard InChI is InChI=1S/C23H21N5O/c1-27(17-18-10-4-2-5-11-18)22-20(16-24-26-19-12-6-3-7-13-19)23(29)28-15-9-8-14-21(28)25-22/h2-16,26H,17H2,1H3/b24-16+. The molecule has 6 heteroatoms. The lowest BCUT2D eigenvalue weighted by atomic mass is 10.2. The Morgan fingerprint density at radius 3 is 2.45 bits per heavy atom. The van der Waals surface area contributed by atoms with Gasteiger partial charge in [0.1, 0.15) is 17.0 Å². The fraction of sp³-hybridized carbons (Fsp3) is 0.0870. The molecule has 0 spiro atoms. The zero-order chi connectivity index (χ0) is 20.1. The highest BCUT2D eigenvalue weighted by Gasteiger charge is 2.15. The smallest absolute Gasteiger partial charge is 0.268 e. The van der Waals surface area contributed by atoms with Crippen LogP contribution in [0.4, 0.5) is 11.5 Å². The van der Waals surface area contributed by atoms with E-state index in [0.717, 1.165) is 11.3 Å². The van der Waals surface area contributed by atoms with Crippen molar-refractivity contribution in [3.8, 4) is 0 Å². The molecule has 0 saturated heterocycles.